The monoisotopic (exact) mass is 206 g/mol. The molecule has 84 valence electrons. The zero-order valence-electron chi connectivity index (χ0n) is 10.5. The Labute approximate surface area is 93.1 Å². The first-order valence-corrected chi connectivity index (χ1v) is 5.75. The molecule has 0 spiro atoms. The summed E-state index contributed by atoms with van der Waals surface area (Å²) in [5.74, 6) is 0.466. The molecule has 1 nitrogen and oxygen atoms in total. The molecule has 0 aromatic heterocycles. The van der Waals surface area contributed by atoms with Crippen molar-refractivity contribution in [3.8, 4) is 5.75 Å². The van der Waals surface area contributed by atoms with Gasteiger partial charge < -0.3 is 5.11 Å². The summed E-state index contributed by atoms with van der Waals surface area (Å²) in [5.41, 5.74) is 3.58. The van der Waals surface area contributed by atoms with Crippen molar-refractivity contribution in [3.63, 3.8) is 0 Å². The van der Waals surface area contributed by atoms with Crippen LogP contribution in [0.4, 0.5) is 0 Å². The van der Waals surface area contributed by atoms with Crippen LogP contribution in [0.1, 0.15) is 50.8 Å². The minimum atomic E-state index is 0.197. The SMILES string of the molecule is CCc1cc(C(C)(C)CC)cc(C)c1O. The summed E-state index contributed by atoms with van der Waals surface area (Å²) in [7, 11) is 0. The summed E-state index contributed by atoms with van der Waals surface area (Å²) in [6.07, 6.45) is 2.00. The minimum absolute atomic E-state index is 0.197. The summed E-state index contributed by atoms with van der Waals surface area (Å²) in [5, 5.41) is 9.86. The molecule has 0 aliphatic carbocycles. The molecular weight excluding hydrogens is 184 g/mol. The van der Waals surface area contributed by atoms with Crippen LogP contribution in [0.2, 0.25) is 0 Å². The van der Waals surface area contributed by atoms with Gasteiger partial charge in [-0.3, -0.25) is 0 Å². The zero-order chi connectivity index (χ0) is 11.6. The summed E-state index contributed by atoms with van der Waals surface area (Å²) in [4.78, 5) is 0. The van der Waals surface area contributed by atoms with Crippen LogP contribution in [0, 0.1) is 6.92 Å². The highest BCUT2D eigenvalue weighted by Crippen LogP contribution is 2.32. The second-order valence-corrected chi connectivity index (χ2v) is 4.89. The first-order valence-electron chi connectivity index (χ1n) is 5.75. The van der Waals surface area contributed by atoms with E-state index in [2.05, 4.69) is 39.8 Å². The van der Waals surface area contributed by atoms with Crippen LogP contribution in [0.25, 0.3) is 0 Å². The Morgan fingerprint density at radius 3 is 2.27 bits per heavy atom. The van der Waals surface area contributed by atoms with Crippen molar-refractivity contribution in [2.24, 2.45) is 0 Å². The van der Waals surface area contributed by atoms with E-state index >= 15 is 0 Å². The molecule has 0 radical (unpaired) electrons. The fourth-order valence-electron chi connectivity index (χ4n) is 1.72. The molecule has 1 heteroatoms. The lowest BCUT2D eigenvalue weighted by molar-refractivity contribution is 0.460. The number of rotatable bonds is 3. The molecule has 1 aromatic carbocycles. The van der Waals surface area contributed by atoms with Crippen molar-refractivity contribution in [2.45, 2.75) is 52.9 Å². The molecule has 0 amide bonds. The highest BCUT2D eigenvalue weighted by atomic mass is 16.3. The molecule has 1 rings (SSSR count). The minimum Gasteiger partial charge on any atom is -0.507 e. The number of aromatic hydroxyl groups is 1. The number of hydrogen-bond acceptors (Lipinski definition) is 1. The molecular formula is C14H22O. The van der Waals surface area contributed by atoms with Gasteiger partial charge in [-0.05, 0) is 41.9 Å². The van der Waals surface area contributed by atoms with E-state index in [9.17, 15) is 5.11 Å². The van der Waals surface area contributed by atoms with Crippen molar-refractivity contribution >= 4 is 0 Å². The van der Waals surface area contributed by atoms with Gasteiger partial charge in [0, 0.05) is 0 Å². The molecule has 0 atom stereocenters. The summed E-state index contributed by atoms with van der Waals surface area (Å²) in [6.45, 7) is 10.8. The van der Waals surface area contributed by atoms with E-state index in [1.165, 1.54) is 5.56 Å². The van der Waals surface area contributed by atoms with Gasteiger partial charge in [-0.2, -0.15) is 0 Å². The Kier molecular flexibility index (Phi) is 3.43. The van der Waals surface area contributed by atoms with Crippen molar-refractivity contribution in [2.75, 3.05) is 0 Å². The maximum absolute atomic E-state index is 9.86. The number of phenols is 1. The Morgan fingerprint density at radius 1 is 1.20 bits per heavy atom. The fourth-order valence-corrected chi connectivity index (χ4v) is 1.72. The molecule has 0 aliphatic rings. The van der Waals surface area contributed by atoms with Crippen LogP contribution < -0.4 is 0 Å². The van der Waals surface area contributed by atoms with E-state index in [1.54, 1.807) is 0 Å². The second kappa shape index (κ2) is 4.26. The summed E-state index contributed by atoms with van der Waals surface area (Å²) < 4.78 is 0. The van der Waals surface area contributed by atoms with E-state index in [-0.39, 0.29) is 5.41 Å². The molecule has 1 aromatic rings. The molecule has 1 N–H and O–H groups in total. The van der Waals surface area contributed by atoms with E-state index in [1.807, 2.05) is 6.92 Å². The van der Waals surface area contributed by atoms with Crippen LogP contribution >= 0.6 is 0 Å². The van der Waals surface area contributed by atoms with Crippen molar-refractivity contribution < 1.29 is 5.11 Å². The Morgan fingerprint density at radius 2 is 1.80 bits per heavy atom. The number of phenolic OH excluding ortho intramolecular Hbond substituents is 1. The molecule has 0 heterocycles. The smallest absolute Gasteiger partial charge is 0.121 e. The third-order valence-electron chi connectivity index (χ3n) is 3.43. The number of benzene rings is 1. The van der Waals surface area contributed by atoms with E-state index < -0.39 is 0 Å². The van der Waals surface area contributed by atoms with Crippen LogP contribution in [0.5, 0.6) is 5.75 Å². The molecule has 0 aliphatic heterocycles. The highest BCUT2D eigenvalue weighted by Gasteiger charge is 2.20. The van der Waals surface area contributed by atoms with Crippen molar-refractivity contribution in [1.29, 1.82) is 0 Å². The summed E-state index contributed by atoms with van der Waals surface area (Å²) in [6, 6.07) is 4.25. The third-order valence-corrected chi connectivity index (χ3v) is 3.43. The molecule has 15 heavy (non-hydrogen) atoms. The second-order valence-electron chi connectivity index (χ2n) is 4.89. The van der Waals surface area contributed by atoms with Crippen molar-refractivity contribution in [3.05, 3.63) is 28.8 Å². The standard InChI is InChI=1S/C14H22O/c1-6-11-9-12(14(4,5)7-2)8-10(3)13(11)15/h8-9,15H,6-7H2,1-5H3. The van der Waals surface area contributed by atoms with E-state index in [0.717, 1.165) is 24.0 Å². The van der Waals surface area contributed by atoms with Crippen LogP contribution in [0.3, 0.4) is 0 Å². The zero-order valence-corrected chi connectivity index (χ0v) is 10.5. The first kappa shape index (κ1) is 12.1. The maximum atomic E-state index is 9.86. The lowest BCUT2D eigenvalue weighted by Crippen LogP contribution is -2.16. The average molecular weight is 206 g/mol. The lowest BCUT2D eigenvalue weighted by Gasteiger charge is -2.25. The molecule has 0 saturated heterocycles. The largest absolute Gasteiger partial charge is 0.507 e. The van der Waals surface area contributed by atoms with Gasteiger partial charge in [-0.1, -0.05) is 39.8 Å². The predicted octanol–water partition coefficient (Wildman–Crippen LogP) is 3.95. The van der Waals surface area contributed by atoms with E-state index in [0.29, 0.717) is 5.75 Å². The normalized spacial score (nSPS) is 11.8. The fraction of sp³-hybridized carbons (Fsp3) is 0.571. The topological polar surface area (TPSA) is 20.2 Å². The van der Waals surface area contributed by atoms with Crippen LogP contribution in [0.15, 0.2) is 12.1 Å². The summed E-state index contributed by atoms with van der Waals surface area (Å²) >= 11 is 0. The van der Waals surface area contributed by atoms with Gasteiger partial charge in [0.15, 0.2) is 0 Å². The average Bonchev–Trinajstić information content (AvgIpc) is 2.21. The van der Waals surface area contributed by atoms with Crippen molar-refractivity contribution in [1.82, 2.24) is 0 Å². The Hall–Kier alpha value is -0.980. The lowest BCUT2D eigenvalue weighted by atomic mass is 9.80. The van der Waals surface area contributed by atoms with Crippen LogP contribution in [-0.2, 0) is 11.8 Å². The quantitative estimate of drug-likeness (QED) is 0.794. The van der Waals surface area contributed by atoms with Gasteiger partial charge in [-0.25, -0.2) is 0 Å². The molecule has 0 fully saturated rings. The van der Waals surface area contributed by atoms with E-state index in [4.69, 9.17) is 0 Å². The maximum Gasteiger partial charge on any atom is 0.121 e. The number of aryl methyl sites for hydroxylation is 2. The third kappa shape index (κ3) is 2.34. The molecule has 0 bridgehead atoms. The molecule has 0 unspecified atom stereocenters. The Balaban J connectivity index is 3.28. The number of hydrogen-bond donors (Lipinski definition) is 1. The van der Waals surface area contributed by atoms with Gasteiger partial charge in [0.05, 0.1) is 0 Å². The highest BCUT2D eigenvalue weighted by molar-refractivity contribution is 5.45. The Bertz CT molecular complexity index is 351. The molecule has 0 saturated carbocycles. The predicted molar refractivity (Wildman–Crippen MR) is 65.5 cm³/mol. The van der Waals surface area contributed by atoms with Gasteiger partial charge in [0.25, 0.3) is 0 Å². The van der Waals surface area contributed by atoms with Gasteiger partial charge in [0.1, 0.15) is 5.75 Å². The first-order chi connectivity index (χ1) is 6.92. The van der Waals surface area contributed by atoms with Gasteiger partial charge in [-0.15, -0.1) is 0 Å². The van der Waals surface area contributed by atoms with Gasteiger partial charge in [0.2, 0.25) is 0 Å². The van der Waals surface area contributed by atoms with Gasteiger partial charge >= 0.3 is 0 Å². The van der Waals surface area contributed by atoms with Crippen LogP contribution in [-0.4, -0.2) is 5.11 Å².